The van der Waals surface area contributed by atoms with Gasteiger partial charge >= 0.3 is 0 Å². The van der Waals surface area contributed by atoms with Crippen molar-refractivity contribution in [2.24, 2.45) is 0 Å². The van der Waals surface area contributed by atoms with E-state index in [1.165, 1.54) is 4.90 Å². The zero-order valence-corrected chi connectivity index (χ0v) is 11.7. The van der Waals surface area contributed by atoms with Gasteiger partial charge in [0.05, 0.1) is 16.9 Å². The fourth-order valence-electron chi connectivity index (χ4n) is 1.90. The van der Waals surface area contributed by atoms with Crippen LogP contribution in [0.1, 0.15) is 5.76 Å². The molecule has 0 atom stereocenters. The zero-order valence-electron chi connectivity index (χ0n) is 10.9. The lowest BCUT2D eigenvalue weighted by atomic mass is 10.3. The number of imide groups is 1. The number of amides is 2. The van der Waals surface area contributed by atoms with Gasteiger partial charge in [-0.15, -0.1) is 0 Å². The van der Waals surface area contributed by atoms with Crippen molar-refractivity contribution in [3.05, 3.63) is 71.5 Å². The molecule has 1 fully saturated rings. The Kier molecular flexibility index (Phi) is 3.75. The molecule has 1 aromatic carbocycles. The van der Waals surface area contributed by atoms with Crippen LogP contribution in [0.3, 0.4) is 0 Å². The summed E-state index contributed by atoms with van der Waals surface area (Å²) in [5.41, 5.74) is 0.582. The molecular formula is C16H11NO3S. The van der Waals surface area contributed by atoms with Crippen LogP contribution in [0.15, 0.2) is 70.2 Å². The smallest absolute Gasteiger partial charge is 0.298 e. The van der Waals surface area contributed by atoms with Crippen LogP contribution in [-0.2, 0) is 4.79 Å². The molecule has 1 saturated heterocycles. The third-order valence-electron chi connectivity index (χ3n) is 2.86. The van der Waals surface area contributed by atoms with E-state index in [1.807, 2.05) is 6.07 Å². The molecule has 0 aliphatic carbocycles. The Hall–Kier alpha value is -2.53. The van der Waals surface area contributed by atoms with Gasteiger partial charge in [-0.1, -0.05) is 24.3 Å². The lowest BCUT2D eigenvalue weighted by Gasteiger charge is -2.11. The van der Waals surface area contributed by atoms with Crippen molar-refractivity contribution in [3.8, 4) is 0 Å². The fraction of sp³-hybridized carbons (Fsp3) is 0. The zero-order chi connectivity index (χ0) is 14.7. The highest BCUT2D eigenvalue weighted by molar-refractivity contribution is 8.18. The predicted octanol–water partition coefficient (Wildman–Crippen LogP) is 4.08. The molecule has 1 aromatic heterocycles. The first-order valence-electron chi connectivity index (χ1n) is 6.29. The summed E-state index contributed by atoms with van der Waals surface area (Å²) >= 11 is 0.931. The van der Waals surface area contributed by atoms with E-state index in [0.717, 1.165) is 11.8 Å². The molecule has 2 aromatic rings. The molecule has 5 heteroatoms. The van der Waals surface area contributed by atoms with Crippen LogP contribution < -0.4 is 4.90 Å². The molecule has 0 unspecified atom stereocenters. The monoisotopic (exact) mass is 297 g/mol. The van der Waals surface area contributed by atoms with Crippen LogP contribution in [0.5, 0.6) is 0 Å². The molecule has 104 valence electrons. The Morgan fingerprint density at radius 2 is 1.86 bits per heavy atom. The van der Waals surface area contributed by atoms with Crippen molar-refractivity contribution < 1.29 is 14.0 Å². The summed E-state index contributed by atoms with van der Waals surface area (Å²) in [4.78, 5) is 25.8. The Balaban J connectivity index is 1.80. The molecule has 4 nitrogen and oxygen atoms in total. The lowest BCUT2D eigenvalue weighted by Crippen LogP contribution is -2.27. The standard InChI is InChI=1S/C16H11NO3S/c18-15-14(10-4-8-13-9-5-11-20-13)21-16(19)17(15)12-6-2-1-3-7-12/h1-11H/b8-4+,14-10-. The number of rotatable bonds is 3. The predicted molar refractivity (Wildman–Crippen MR) is 82.7 cm³/mol. The molecule has 2 amide bonds. The summed E-state index contributed by atoms with van der Waals surface area (Å²) in [5, 5.41) is -0.288. The highest BCUT2D eigenvalue weighted by Gasteiger charge is 2.35. The average Bonchev–Trinajstić information content (AvgIpc) is 3.09. The number of carbonyl (C=O) groups is 2. The minimum Gasteiger partial charge on any atom is -0.465 e. The quantitative estimate of drug-likeness (QED) is 0.801. The van der Waals surface area contributed by atoms with E-state index < -0.39 is 0 Å². The Bertz CT molecular complexity index is 717. The SMILES string of the molecule is O=C1S/C(=C\C=C\c2ccco2)C(=O)N1c1ccccc1. The lowest BCUT2D eigenvalue weighted by molar-refractivity contribution is -0.113. The van der Waals surface area contributed by atoms with Gasteiger partial charge < -0.3 is 4.42 Å². The summed E-state index contributed by atoms with van der Waals surface area (Å²) in [6, 6.07) is 12.5. The Labute approximate surface area is 125 Å². The van der Waals surface area contributed by atoms with Gasteiger partial charge in [0, 0.05) is 0 Å². The number of nitrogens with zero attached hydrogens (tertiary/aromatic N) is 1. The van der Waals surface area contributed by atoms with E-state index in [1.54, 1.807) is 60.9 Å². The minimum absolute atomic E-state index is 0.288. The van der Waals surface area contributed by atoms with Crippen molar-refractivity contribution in [3.63, 3.8) is 0 Å². The molecule has 3 rings (SSSR count). The highest BCUT2D eigenvalue weighted by Crippen LogP contribution is 2.34. The maximum Gasteiger partial charge on any atom is 0.298 e. The van der Waals surface area contributed by atoms with Gasteiger partial charge in [-0.3, -0.25) is 9.59 Å². The van der Waals surface area contributed by atoms with Crippen molar-refractivity contribution in [2.75, 3.05) is 4.90 Å². The Morgan fingerprint density at radius 3 is 2.57 bits per heavy atom. The molecule has 0 bridgehead atoms. The first kappa shape index (κ1) is 13.5. The molecule has 1 aliphatic heterocycles. The van der Waals surface area contributed by atoms with Crippen LogP contribution in [0.2, 0.25) is 0 Å². The van der Waals surface area contributed by atoms with Gasteiger partial charge in [-0.05, 0) is 48.2 Å². The first-order valence-corrected chi connectivity index (χ1v) is 7.10. The second-order valence-electron chi connectivity index (χ2n) is 4.25. The van der Waals surface area contributed by atoms with Gasteiger partial charge in [0.25, 0.3) is 11.1 Å². The molecule has 2 heterocycles. The third-order valence-corrected chi connectivity index (χ3v) is 3.75. The number of hydrogen-bond acceptors (Lipinski definition) is 4. The van der Waals surface area contributed by atoms with Crippen LogP contribution in [0.4, 0.5) is 10.5 Å². The second-order valence-corrected chi connectivity index (χ2v) is 5.24. The third kappa shape index (κ3) is 2.83. The summed E-state index contributed by atoms with van der Waals surface area (Å²) in [6.07, 6.45) is 6.62. The fourth-order valence-corrected chi connectivity index (χ4v) is 2.69. The molecule has 0 radical (unpaired) electrons. The first-order chi connectivity index (χ1) is 10.3. The summed E-state index contributed by atoms with van der Waals surface area (Å²) in [6.45, 7) is 0. The summed E-state index contributed by atoms with van der Waals surface area (Å²) in [5.74, 6) is 0.383. The van der Waals surface area contributed by atoms with Crippen molar-refractivity contribution >= 4 is 34.7 Å². The maximum absolute atomic E-state index is 12.3. The molecular weight excluding hydrogens is 286 g/mol. The van der Waals surface area contributed by atoms with Gasteiger partial charge in [-0.2, -0.15) is 0 Å². The van der Waals surface area contributed by atoms with Gasteiger partial charge in [0.15, 0.2) is 0 Å². The van der Waals surface area contributed by atoms with Crippen LogP contribution in [-0.4, -0.2) is 11.1 Å². The number of para-hydroxylation sites is 1. The van der Waals surface area contributed by atoms with Gasteiger partial charge in [-0.25, -0.2) is 4.90 Å². The maximum atomic E-state index is 12.3. The molecule has 0 N–H and O–H groups in total. The number of carbonyl (C=O) groups excluding carboxylic acids is 2. The van der Waals surface area contributed by atoms with Crippen molar-refractivity contribution in [2.45, 2.75) is 0 Å². The molecule has 0 spiro atoms. The number of furan rings is 1. The molecule has 21 heavy (non-hydrogen) atoms. The number of thioether (sulfide) groups is 1. The van der Waals surface area contributed by atoms with E-state index in [0.29, 0.717) is 16.4 Å². The van der Waals surface area contributed by atoms with Crippen LogP contribution in [0, 0.1) is 0 Å². The van der Waals surface area contributed by atoms with Gasteiger partial charge in [0.2, 0.25) is 0 Å². The van der Waals surface area contributed by atoms with Crippen molar-refractivity contribution in [1.29, 1.82) is 0 Å². The summed E-state index contributed by atoms with van der Waals surface area (Å²) in [7, 11) is 0. The second kappa shape index (κ2) is 5.85. The van der Waals surface area contributed by atoms with Crippen molar-refractivity contribution in [1.82, 2.24) is 0 Å². The largest absolute Gasteiger partial charge is 0.465 e. The molecule has 1 aliphatic rings. The van der Waals surface area contributed by atoms with E-state index >= 15 is 0 Å². The number of allylic oxidation sites excluding steroid dienone is 2. The number of anilines is 1. The Morgan fingerprint density at radius 1 is 1.05 bits per heavy atom. The van der Waals surface area contributed by atoms with E-state index in [-0.39, 0.29) is 11.1 Å². The van der Waals surface area contributed by atoms with E-state index in [2.05, 4.69) is 0 Å². The average molecular weight is 297 g/mol. The number of hydrogen-bond donors (Lipinski definition) is 0. The van der Waals surface area contributed by atoms with E-state index in [9.17, 15) is 9.59 Å². The van der Waals surface area contributed by atoms with Crippen LogP contribution >= 0.6 is 11.8 Å². The molecule has 0 saturated carbocycles. The topological polar surface area (TPSA) is 50.5 Å². The number of benzene rings is 1. The normalized spacial score (nSPS) is 17.3. The minimum atomic E-state index is -0.305. The van der Waals surface area contributed by atoms with Crippen LogP contribution in [0.25, 0.3) is 6.08 Å². The van der Waals surface area contributed by atoms with Gasteiger partial charge in [0.1, 0.15) is 5.76 Å². The highest BCUT2D eigenvalue weighted by atomic mass is 32.2. The summed E-state index contributed by atoms with van der Waals surface area (Å²) < 4.78 is 5.15. The van der Waals surface area contributed by atoms with E-state index in [4.69, 9.17) is 4.42 Å².